The van der Waals surface area contributed by atoms with E-state index in [9.17, 15) is 18.3 Å². The van der Waals surface area contributed by atoms with Gasteiger partial charge in [-0.25, -0.2) is 15.1 Å². The van der Waals surface area contributed by atoms with Gasteiger partial charge in [-0.2, -0.15) is 8.42 Å². The molecular formula is C25H36N2O11S5. The van der Waals surface area contributed by atoms with Crippen molar-refractivity contribution in [3.8, 4) is 0 Å². The third-order valence-corrected chi connectivity index (χ3v) is 11.1. The molecule has 0 bridgehead atoms. The number of nitrogens with zero attached hydrogens (tertiary/aromatic N) is 2. The van der Waals surface area contributed by atoms with E-state index in [1.54, 1.807) is 6.07 Å². The van der Waals surface area contributed by atoms with Crippen LogP contribution in [-0.2, 0) is 33.7 Å². The lowest BCUT2D eigenvalue weighted by molar-refractivity contribution is -0.525. The molecule has 1 aromatic heterocycles. The molecule has 1 aromatic rings. The number of hydrogen-bond donors (Lipinski definition) is 3. The van der Waals surface area contributed by atoms with E-state index in [0.717, 1.165) is 47.0 Å². The lowest BCUT2D eigenvalue weighted by Gasteiger charge is -2.38. The fraction of sp³-hybridized carbons (Fsp3) is 0.600. The van der Waals surface area contributed by atoms with Crippen LogP contribution in [0.2, 0.25) is 0 Å². The van der Waals surface area contributed by atoms with Crippen LogP contribution in [0.25, 0.3) is 5.57 Å². The number of thioether (sulfide) groups is 1. The molecule has 18 heteroatoms. The average molecular weight is 701 g/mol. The summed E-state index contributed by atoms with van der Waals surface area (Å²) in [6.07, 6.45) is 7.30. The maximum atomic E-state index is 13.3. The van der Waals surface area contributed by atoms with Crippen molar-refractivity contribution in [3.05, 3.63) is 34.9 Å². The summed E-state index contributed by atoms with van der Waals surface area (Å²) in [4.78, 5) is 16.0. The normalized spacial score (nSPS) is 19.8. The second kappa shape index (κ2) is 18.7. The van der Waals surface area contributed by atoms with Gasteiger partial charge < -0.3 is 10.0 Å². The van der Waals surface area contributed by atoms with Crippen molar-refractivity contribution in [3.63, 3.8) is 0 Å². The number of rotatable bonds is 22. The Balaban J connectivity index is 1.67. The number of Topliss-reactive ketones (excluding diaryl/α,β-unsaturated/α-hetero) is 1. The standard InChI is InChI=1S/C25H36N2O11S5/c1-2-3-11-26(14-6-17-43(32,33)34)20-9-7-18(41-20)22-24(28)23(25(22)29)19-8-10-21(42-19)27(12-4-15-39-37-35-30)13-5-16-40-38-36-31/h7-10,18,22H,2-6,11-17H2,1H3,(H3-,28,29,30,31,32,33,34). The predicted octanol–water partition coefficient (Wildman–Crippen LogP) is 3.90. The van der Waals surface area contributed by atoms with Crippen molar-refractivity contribution in [2.45, 2.75) is 44.3 Å². The molecule has 0 spiro atoms. The Kier molecular flexibility index (Phi) is 15.8. The quantitative estimate of drug-likeness (QED) is 0.0396. The Hall–Kier alpha value is -1.16. The smallest absolute Gasteiger partial charge is 0.265 e. The first-order valence-electron chi connectivity index (χ1n) is 13.6. The summed E-state index contributed by atoms with van der Waals surface area (Å²) in [5.74, 6) is -0.341. The first-order valence-corrected chi connectivity index (χ1v) is 18.7. The maximum absolute atomic E-state index is 13.3. The van der Waals surface area contributed by atoms with Gasteiger partial charge >= 0.3 is 0 Å². The summed E-state index contributed by atoms with van der Waals surface area (Å²) in [6.45, 7) is 4.50. The fourth-order valence-electron chi connectivity index (χ4n) is 4.59. The fourth-order valence-corrected chi connectivity index (χ4v) is 8.22. The molecule has 0 saturated carbocycles. The van der Waals surface area contributed by atoms with Crippen LogP contribution >= 0.6 is 47.2 Å². The highest BCUT2D eigenvalue weighted by atomic mass is 32.2. The minimum Gasteiger partial charge on any atom is -0.874 e. The van der Waals surface area contributed by atoms with E-state index in [2.05, 4.69) is 35.1 Å². The average Bonchev–Trinajstić information content (AvgIpc) is 3.63. The number of carbonyl (C=O) groups excluding carboxylic acids is 1. The summed E-state index contributed by atoms with van der Waals surface area (Å²) in [5, 5.41) is 38.5. The Bertz CT molecular complexity index is 1240. The lowest BCUT2D eigenvalue weighted by atomic mass is 9.79. The van der Waals surface area contributed by atoms with E-state index >= 15 is 0 Å². The highest BCUT2D eigenvalue weighted by Gasteiger charge is 2.42. The molecule has 2 aliphatic rings. The second-order valence-electron chi connectivity index (χ2n) is 9.60. The van der Waals surface area contributed by atoms with Crippen LogP contribution in [0.4, 0.5) is 5.00 Å². The monoisotopic (exact) mass is 700 g/mol. The first-order chi connectivity index (χ1) is 20.7. The molecule has 1 aliphatic heterocycles. The Labute approximate surface area is 267 Å². The van der Waals surface area contributed by atoms with Crippen LogP contribution in [-0.4, -0.2) is 87.6 Å². The molecule has 2 unspecified atom stereocenters. The third kappa shape index (κ3) is 11.3. The number of thiophene rings is 1. The highest BCUT2D eigenvalue weighted by molar-refractivity contribution is 8.15. The molecule has 13 nitrogen and oxygen atoms in total. The van der Waals surface area contributed by atoms with E-state index in [1.807, 2.05) is 18.2 Å². The van der Waals surface area contributed by atoms with Crippen LogP contribution in [0.1, 0.15) is 43.9 Å². The minimum atomic E-state index is -4.04. The summed E-state index contributed by atoms with van der Waals surface area (Å²) < 4.78 is 42.3. The van der Waals surface area contributed by atoms with Crippen LogP contribution in [0.3, 0.4) is 0 Å². The summed E-state index contributed by atoms with van der Waals surface area (Å²) in [6, 6.07) is 3.68. The highest BCUT2D eigenvalue weighted by Crippen LogP contribution is 2.45. The van der Waals surface area contributed by atoms with Gasteiger partial charge in [0.2, 0.25) is 5.04 Å². The van der Waals surface area contributed by atoms with E-state index in [4.69, 9.17) is 15.1 Å². The summed E-state index contributed by atoms with van der Waals surface area (Å²) >= 11 is 4.75. The molecule has 0 amide bonds. The number of anilines is 1. The van der Waals surface area contributed by atoms with Crippen molar-refractivity contribution in [1.82, 2.24) is 0 Å². The summed E-state index contributed by atoms with van der Waals surface area (Å²) in [7, 11) is -4.04. The maximum Gasteiger partial charge on any atom is 0.265 e. The van der Waals surface area contributed by atoms with Crippen molar-refractivity contribution in [2.75, 3.05) is 48.3 Å². The number of ketones is 1. The van der Waals surface area contributed by atoms with Crippen LogP contribution in [0.5, 0.6) is 0 Å². The molecular weight excluding hydrogens is 665 g/mol. The van der Waals surface area contributed by atoms with E-state index in [0.29, 0.717) is 55.4 Å². The molecule has 0 fully saturated rings. The SMILES string of the molecule is CCCC[N+](CCCS(=O)(=O)O)=C1C=CC(C2C(=O)C(c3ccc(N(CCCSOOO)CCCSOOO)s3)=C2[O-])S1. The molecule has 3 N–H and O–H groups in total. The number of unbranched alkanes of at least 4 members (excludes halogenated alkanes) is 1. The Morgan fingerprint density at radius 1 is 1.05 bits per heavy atom. The molecule has 0 radical (unpaired) electrons. The molecule has 242 valence electrons. The molecule has 3 rings (SSSR count). The van der Waals surface area contributed by atoms with Gasteiger partial charge in [0.15, 0.2) is 5.78 Å². The van der Waals surface area contributed by atoms with Crippen molar-refractivity contribution in [2.24, 2.45) is 5.92 Å². The van der Waals surface area contributed by atoms with E-state index in [1.165, 1.54) is 23.1 Å². The third-order valence-electron chi connectivity index (χ3n) is 6.61. The topological polar surface area (TPSA) is 178 Å². The van der Waals surface area contributed by atoms with Gasteiger partial charge in [0, 0.05) is 83.3 Å². The van der Waals surface area contributed by atoms with Gasteiger partial charge in [-0.05, 0) is 36.7 Å². The number of allylic oxidation sites excluding steroid dienone is 2. The van der Waals surface area contributed by atoms with Crippen molar-refractivity contribution < 1.29 is 56.7 Å². The van der Waals surface area contributed by atoms with Gasteiger partial charge in [-0.15, -0.1) is 25.8 Å². The van der Waals surface area contributed by atoms with Crippen molar-refractivity contribution >= 4 is 78.7 Å². The molecule has 0 saturated heterocycles. The zero-order valence-corrected chi connectivity index (χ0v) is 27.6. The zero-order valence-electron chi connectivity index (χ0n) is 23.5. The Morgan fingerprint density at radius 3 is 2.28 bits per heavy atom. The molecule has 2 heterocycles. The number of hydrogen-bond acceptors (Lipinski definition) is 15. The second-order valence-corrected chi connectivity index (χ2v) is 15.0. The molecule has 2 atom stereocenters. The Morgan fingerprint density at radius 2 is 1.70 bits per heavy atom. The van der Waals surface area contributed by atoms with Gasteiger partial charge in [0.1, 0.15) is 13.1 Å². The first kappa shape index (κ1) is 36.3. The van der Waals surface area contributed by atoms with Crippen LogP contribution in [0.15, 0.2) is 30.0 Å². The van der Waals surface area contributed by atoms with Crippen LogP contribution < -0.4 is 10.0 Å². The van der Waals surface area contributed by atoms with Gasteiger partial charge in [-0.1, -0.05) is 29.5 Å². The zero-order chi connectivity index (χ0) is 31.2. The van der Waals surface area contributed by atoms with E-state index in [-0.39, 0.29) is 34.5 Å². The predicted molar refractivity (Wildman–Crippen MR) is 167 cm³/mol. The minimum absolute atomic E-state index is 0.185. The van der Waals surface area contributed by atoms with E-state index < -0.39 is 16.0 Å². The largest absolute Gasteiger partial charge is 0.874 e. The molecule has 43 heavy (non-hydrogen) atoms. The van der Waals surface area contributed by atoms with Gasteiger partial charge in [-0.3, -0.25) is 9.35 Å². The summed E-state index contributed by atoms with van der Waals surface area (Å²) in [5.41, 5.74) is 0.216. The van der Waals surface area contributed by atoms with Crippen LogP contribution in [0, 0.1) is 5.92 Å². The van der Waals surface area contributed by atoms with Gasteiger partial charge in [0.05, 0.1) is 16.7 Å². The molecule has 0 aromatic carbocycles. The van der Waals surface area contributed by atoms with Crippen molar-refractivity contribution in [1.29, 1.82) is 0 Å². The lowest BCUT2D eigenvalue weighted by Crippen LogP contribution is -2.42. The molecule has 1 aliphatic carbocycles. The van der Waals surface area contributed by atoms with Gasteiger partial charge in [0.25, 0.3) is 10.1 Å². The number of carbonyl (C=O) groups is 1.